The summed E-state index contributed by atoms with van der Waals surface area (Å²) in [5.41, 5.74) is 7.31. The number of anilines is 2. The Balaban J connectivity index is 1.61. The van der Waals surface area contributed by atoms with Gasteiger partial charge in [-0.2, -0.15) is 4.99 Å². The van der Waals surface area contributed by atoms with Gasteiger partial charge in [-0.1, -0.05) is 24.3 Å². The number of aryl methyl sites for hydroxylation is 1. The van der Waals surface area contributed by atoms with Gasteiger partial charge in [0.15, 0.2) is 0 Å². The molecule has 9 heteroatoms. The number of para-hydroxylation sites is 1. The lowest BCUT2D eigenvalue weighted by molar-refractivity contribution is -0.123. The summed E-state index contributed by atoms with van der Waals surface area (Å²) >= 11 is 0. The first-order valence-electron chi connectivity index (χ1n) is 8.51. The molecule has 0 unspecified atom stereocenters. The minimum atomic E-state index is -0.961. The quantitative estimate of drug-likeness (QED) is 0.475. The Kier molecular flexibility index (Phi) is 5.64. The monoisotopic (exact) mass is 382 g/mol. The van der Waals surface area contributed by atoms with Gasteiger partial charge in [-0.3, -0.25) is 14.9 Å². The topological polar surface area (TPSA) is 121 Å². The molecule has 144 valence electrons. The molecular formula is C19H19FN6O2. The zero-order chi connectivity index (χ0) is 20.1. The molecule has 0 bridgehead atoms. The van der Waals surface area contributed by atoms with Crippen molar-refractivity contribution >= 4 is 35.1 Å². The first-order chi connectivity index (χ1) is 13.4. The van der Waals surface area contributed by atoms with Gasteiger partial charge in [0.25, 0.3) is 5.91 Å². The lowest BCUT2D eigenvalue weighted by Crippen LogP contribution is -2.32. The number of hydrogen-bond acceptors (Lipinski definition) is 4. The zero-order valence-corrected chi connectivity index (χ0v) is 15.1. The Labute approximate surface area is 160 Å². The largest absolute Gasteiger partial charge is 0.369 e. The van der Waals surface area contributed by atoms with Crippen LogP contribution < -0.4 is 21.7 Å². The van der Waals surface area contributed by atoms with E-state index < -0.39 is 23.7 Å². The predicted octanol–water partition coefficient (Wildman–Crippen LogP) is 1.74. The molecule has 0 aromatic heterocycles. The van der Waals surface area contributed by atoms with E-state index in [1.165, 1.54) is 12.1 Å². The van der Waals surface area contributed by atoms with Crippen LogP contribution in [0.1, 0.15) is 12.0 Å². The highest BCUT2D eigenvalue weighted by Crippen LogP contribution is 2.16. The van der Waals surface area contributed by atoms with Gasteiger partial charge in [0.05, 0.1) is 12.1 Å². The molecule has 1 heterocycles. The molecule has 1 atom stereocenters. The highest BCUT2D eigenvalue weighted by molar-refractivity contribution is 6.11. The van der Waals surface area contributed by atoms with Crippen molar-refractivity contribution in [2.75, 3.05) is 10.6 Å². The predicted molar refractivity (Wildman–Crippen MR) is 105 cm³/mol. The van der Waals surface area contributed by atoms with Gasteiger partial charge in [0.2, 0.25) is 17.8 Å². The van der Waals surface area contributed by atoms with E-state index >= 15 is 0 Å². The zero-order valence-electron chi connectivity index (χ0n) is 15.1. The van der Waals surface area contributed by atoms with Crippen molar-refractivity contribution in [3.05, 3.63) is 59.9 Å². The molecule has 1 aliphatic heterocycles. The van der Waals surface area contributed by atoms with Crippen molar-refractivity contribution < 1.29 is 14.0 Å². The minimum Gasteiger partial charge on any atom is -0.369 e. The number of carbonyl (C=O) groups is 2. The van der Waals surface area contributed by atoms with Crippen molar-refractivity contribution in [3.8, 4) is 0 Å². The Hall–Kier alpha value is -3.75. The van der Waals surface area contributed by atoms with Crippen molar-refractivity contribution in [1.82, 2.24) is 5.32 Å². The third kappa shape index (κ3) is 4.91. The van der Waals surface area contributed by atoms with Gasteiger partial charge in [-0.05, 0) is 36.8 Å². The molecule has 0 radical (unpaired) electrons. The number of hydrogen-bond donors (Lipinski definition) is 4. The number of rotatable bonds is 4. The van der Waals surface area contributed by atoms with Gasteiger partial charge < -0.3 is 16.4 Å². The Bertz CT molecular complexity index is 958. The van der Waals surface area contributed by atoms with Crippen LogP contribution in [0.4, 0.5) is 15.8 Å². The number of aliphatic imine (C=N–C) groups is 2. The number of nitrogens with zero attached hydrogens (tertiary/aromatic N) is 2. The second-order valence-electron chi connectivity index (χ2n) is 6.18. The molecular weight excluding hydrogens is 363 g/mol. The molecule has 8 nitrogen and oxygen atoms in total. The number of carbonyl (C=O) groups excluding carboxylic acids is 2. The minimum absolute atomic E-state index is 0.00486. The van der Waals surface area contributed by atoms with Crippen LogP contribution in [0.3, 0.4) is 0 Å². The van der Waals surface area contributed by atoms with Gasteiger partial charge in [-0.15, -0.1) is 0 Å². The van der Waals surface area contributed by atoms with Crippen molar-refractivity contribution in [3.63, 3.8) is 0 Å². The molecule has 0 saturated carbocycles. The van der Waals surface area contributed by atoms with E-state index in [1.54, 1.807) is 25.1 Å². The van der Waals surface area contributed by atoms with Gasteiger partial charge in [0.1, 0.15) is 11.9 Å². The fraction of sp³-hybridized carbons (Fsp3) is 0.158. The normalized spacial score (nSPS) is 16.4. The van der Waals surface area contributed by atoms with E-state index in [1.807, 2.05) is 18.2 Å². The van der Waals surface area contributed by atoms with Crippen molar-refractivity contribution in [1.29, 1.82) is 0 Å². The molecule has 0 spiro atoms. The highest BCUT2D eigenvalue weighted by atomic mass is 19.1. The maximum atomic E-state index is 13.8. The summed E-state index contributed by atoms with van der Waals surface area (Å²) in [7, 11) is 0. The van der Waals surface area contributed by atoms with Crippen LogP contribution in [0.2, 0.25) is 0 Å². The lowest BCUT2D eigenvalue weighted by atomic mass is 10.2. The van der Waals surface area contributed by atoms with E-state index in [4.69, 9.17) is 5.73 Å². The number of benzene rings is 2. The first kappa shape index (κ1) is 19.0. The van der Waals surface area contributed by atoms with Gasteiger partial charge >= 0.3 is 0 Å². The third-order valence-electron chi connectivity index (χ3n) is 3.87. The summed E-state index contributed by atoms with van der Waals surface area (Å²) in [5.74, 6) is -1.52. The fourth-order valence-electron chi connectivity index (χ4n) is 2.54. The molecule has 0 aliphatic carbocycles. The summed E-state index contributed by atoms with van der Waals surface area (Å²) in [5, 5.41) is 7.75. The van der Waals surface area contributed by atoms with E-state index in [0.29, 0.717) is 0 Å². The number of amides is 2. The van der Waals surface area contributed by atoms with Crippen LogP contribution in [0, 0.1) is 12.7 Å². The van der Waals surface area contributed by atoms with Gasteiger partial charge in [0, 0.05) is 5.69 Å². The average Bonchev–Trinajstić information content (AvgIpc) is 2.97. The third-order valence-corrected chi connectivity index (χ3v) is 3.87. The Morgan fingerprint density at radius 3 is 2.71 bits per heavy atom. The van der Waals surface area contributed by atoms with Gasteiger partial charge in [-0.25, -0.2) is 9.38 Å². The summed E-state index contributed by atoms with van der Waals surface area (Å²) in [6.07, 6.45) is -0.246. The van der Waals surface area contributed by atoms with Crippen molar-refractivity contribution in [2.45, 2.75) is 19.4 Å². The number of nitrogens with one attached hydrogen (secondary N) is 3. The first-order valence-corrected chi connectivity index (χ1v) is 8.51. The average molecular weight is 382 g/mol. The van der Waals surface area contributed by atoms with E-state index in [-0.39, 0.29) is 24.0 Å². The molecule has 28 heavy (non-hydrogen) atoms. The molecule has 1 aliphatic rings. The Morgan fingerprint density at radius 1 is 1.25 bits per heavy atom. The molecule has 5 N–H and O–H groups in total. The number of nitrogens with two attached hydrogens (primary N) is 1. The SMILES string of the molecule is Cc1ccc(NC(=O)C[C@@H]2N=C(N=C(N)Nc3ccccc3)NC2=O)c(F)c1. The molecule has 0 saturated heterocycles. The molecule has 3 rings (SSSR count). The van der Waals surface area contributed by atoms with Crippen LogP contribution in [0.15, 0.2) is 58.5 Å². The van der Waals surface area contributed by atoms with Crippen LogP contribution in [0.25, 0.3) is 0 Å². The summed E-state index contributed by atoms with van der Waals surface area (Å²) in [6.45, 7) is 1.74. The summed E-state index contributed by atoms with van der Waals surface area (Å²) in [6, 6.07) is 12.6. The van der Waals surface area contributed by atoms with Crippen LogP contribution in [-0.2, 0) is 9.59 Å². The molecule has 2 aromatic rings. The highest BCUT2D eigenvalue weighted by Gasteiger charge is 2.29. The fourth-order valence-corrected chi connectivity index (χ4v) is 2.54. The Morgan fingerprint density at radius 2 is 2.00 bits per heavy atom. The van der Waals surface area contributed by atoms with Crippen LogP contribution >= 0.6 is 0 Å². The standard InChI is InChI=1S/C19H19FN6O2/c1-11-7-8-14(13(20)9-11)23-16(27)10-15-17(28)25-19(24-15)26-18(21)22-12-5-3-2-4-6-12/h2-9,15H,10H2,1H3,(H,23,27)(H4,21,22,24,25,26,28)/t15-/m0/s1. The second kappa shape index (κ2) is 8.30. The molecule has 0 fully saturated rings. The molecule has 2 amide bonds. The smallest absolute Gasteiger partial charge is 0.252 e. The summed E-state index contributed by atoms with van der Waals surface area (Å²) in [4.78, 5) is 32.2. The maximum Gasteiger partial charge on any atom is 0.252 e. The second-order valence-corrected chi connectivity index (χ2v) is 6.18. The lowest BCUT2D eigenvalue weighted by Gasteiger charge is -2.08. The molecule has 2 aromatic carbocycles. The van der Waals surface area contributed by atoms with Crippen molar-refractivity contribution in [2.24, 2.45) is 15.7 Å². The summed E-state index contributed by atoms with van der Waals surface area (Å²) < 4.78 is 13.8. The van der Waals surface area contributed by atoms with E-state index in [0.717, 1.165) is 11.3 Å². The van der Waals surface area contributed by atoms with Crippen LogP contribution in [0.5, 0.6) is 0 Å². The maximum absolute atomic E-state index is 13.8. The number of guanidine groups is 2. The number of halogens is 1. The van der Waals surface area contributed by atoms with E-state index in [2.05, 4.69) is 25.9 Å². The van der Waals surface area contributed by atoms with Crippen LogP contribution in [-0.4, -0.2) is 29.8 Å². The van der Waals surface area contributed by atoms with E-state index in [9.17, 15) is 14.0 Å².